The Morgan fingerprint density at radius 3 is 2.35 bits per heavy atom. The number of piperazine rings is 1. The zero-order valence-corrected chi connectivity index (χ0v) is 18.6. The van der Waals surface area contributed by atoms with E-state index in [1.165, 1.54) is 21.7 Å². The first-order valence-electron chi connectivity index (χ1n) is 11.0. The number of likely N-dealkylation sites (tertiary alicyclic amines) is 1. The molecule has 2 aliphatic rings. The standard InChI is InChI=1S/C25H31N3O3/c1-18-5-4-6-22(19(18)2)26-13-15-27(16-14-26)23-17-24(29)28(25(23)30)12-11-20-7-9-21(31-3)10-8-20/h4-10,23H,11-17H2,1-3H3/t23-/m1/s1. The monoisotopic (exact) mass is 421 g/mol. The summed E-state index contributed by atoms with van der Waals surface area (Å²) in [7, 11) is 1.64. The molecule has 2 aromatic carbocycles. The Hall–Kier alpha value is -2.86. The lowest BCUT2D eigenvalue weighted by molar-refractivity contribution is -0.139. The highest BCUT2D eigenvalue weighted by atomic mass is 16.5. The summed E-state index contributed by atoms with van der Waals surface area (Å²) in [6.45, 7) is 8.06. The SMILES string of the molecule is COc1ccc(CCN2C(=O)C[C@@H](N3CCN(c4cccc(C)c4C)CC3)C2=O)cc1. The van der Waals surface area contributed by atoms with E-state index >= 15 is 0 Å². The van der Waals surface area contributed by atoms with Gasteiger partial charge in [0.2, 0.25) is 11.8 Å². The molecule has 2 amide bonds. The Kier molecular flexibility index (Phi) is 6.28. The molecular formula is C25H31N3O3. The van der Waals surface area contributed by atoms with Crippen molar-refractivity contribution in [2.24, 2.45) is 0 Å². The van der Waals surface area contributed by atoms with Crippen molar-refractivity contribution in [1.82, 2.24) is 9.80 Å². The van der Waals surface area contributed by atoms with E-state index in [-0.39, 0.29) is 17.9 Å². The van der Waals surface area contributed by atoms with Gasteiger partial charge in [0.05, 0.1) is 19.6 Å². The zero-order chi connectivity index (χ0) is 22.0. The van der Waals surface area contributed by atoms with Gasteiger partial charge in [-0.15, -0.1) is 0 Å². The van der Waals surface area contributed by atoms with Crippen molar-refractivity contribution in [1.29, 1.82) is 0 Å². The van der Waals surface area contributed by atoms with Gasteiger partial charge in [0.25, 0.3) is 0 Å². The number of imide groups is 1. The molecule has 2 aliphatic heterocycles. The van der Waals surface area contributed by atoms with E-state index in [0.29, 0.717) is 19.4 Å². The van der Waals surface area contributed by atoms with Gasteiger partial charge in [0, 0.05) is 38.4 Å². The van der Waals surface area contributed by atoms with Crippen molar-refractivity contribution in [3.8, 4) is 5.75 Å². The van der Waals surface area contributed by atoms with Crippen molar-refractivity contribution < 1.29 is 14.3 Å². The van der Waals surface area contributed by atoms with Gasteiger partial charge in [0.1, 0.15) is 5.75 Å². The highest BCUT2D eigenvalue weighted by Gasteiger charge is 2.42. The number of hydrogen-bond donors (Lipinski definition) is 0. The molecule has 2 saturated heterocycles. The van der Waals surface area contributed by atoms with Crippen LogP contribution in [0.15, 0.2) is 42.5 Å². The molecule has 0 N–H and O–H groups in total. The van der Waals surface area contributed by atoms with Crippen LogP contribution in [0.4, 0.5) is 5.69 Å². The van der Waals surface area contributed by atoms with Crippen molar-refractivity contribution in [3.05, 3.63) is 59.2 Å². The predicted octanol–water partition coefficient (Wildman–Crippen LogP) is 2.80. The Morgan fingerprint density at radius 1 is 0.968 bits per heavy atom. The molecule has 164 valence electrons. The molecule has 0 aliphatic carbocycles. The lowest BCUT2D eigenvalue weighted by Crippen LogP contribution is -2.52. The van der Waals surface area contributed by atoms with Crippen LogP contribution in [0, 0.1) is 13.8 Å². The van der Waals surface area contributed by atoms with Crippen LogP contribution in [0.2, 0.25) is 0 Å². The van der Waals surface area contributed by atoms with Crippen LogP contribution >= 0.6 is 0 Å². The number of rotatable bonds is 6. The van der Waals surface area contributed by atoms with E-state index in [2.05, 4.69) is 41.8 Å². The molecule has 2 heterocycles. The Balaban J connectivity index is 1.34. The third-order valence-corrected chi connectivity index (χ3v) is 6.68. The number of methoxy groups -OCH3 is 1. The smallest absolute Gasteiger partial charge is 0.247 e. The molecule has 31 heavy (non-hydrogen) atoms. The van der Waals surface area contributed by atoms with Crippen LogP contribution in [0.3, 0.4) is 0 Å². The maximum atomic E-state index is 13.0. The Morgan fingerprint density at radius 2 is 1.68 bits per heavy atom. The summed E-state index contributed by atoms with van der Waals surface area (Å²) in [5, 5.41) is 0. The predicted molar refractivity (Wildman–Crippen MR) is 122 cm³/mol. The van der Waals surface area contributed by atoms with Crippen LogP contribution in [0.5, 0.6) is 5.75 Å². The Bertz CT molecular complexity index is 949. The maximum absolute atomic E-state index is 13.0. The average molecular weight is 422 g/mol. The second-order valence-corrected chi connectivity index (χ2v) is 8.44. The molecule has 6 nitrogen and oxygen atoms in total. The number of aryl methyl sites for hydroxylation is 1. The molecule has 0 aromatic heterocycles. The highest BCUT2D eigenvalue weighted by molar-refractivity contribution is 6.05. The summed E-state index contributed by atoms with van der Waals surface area (Å²) in [6, 6.07) is 13.9. The number of benzene rings is 2. The van der Waals surface area contributed by atoms with E-state index in [1.54, 1.807) is 7.11 Å². The molecule has 0 radical (unpaired) electrons. The number of amides is 2. The van der Waals surface area contributed by atoms with Crippen molar-refractivity contribution in [2.75, 3.05) is 44.7 Å². The first kappa shape index (κ1) is 21.4. The molecule has 0 saturated carbocycles. The molecule has 1 atom stereocenters. The van der Waals surface area contributed by atoms with Crippen LogP contribution < -0.4 is 9.64 Å². The summed E-state index contributed by atoms with van der Waals surface area (Å²) >= 11 is 0. The van der Waals surface area contributed by atoms with E-state index in [9.17, 15) is 9.59 Å². The van der Waals surface area contributed by atoms with E-state index in [0.717, 1.165) is 37.5 Å². The van der Waals surface area contributed by atoms with Crippen molar-refractivity contribution in [3.63, 3.8) is 0 Å². The van der Waals surface area contributed by atoms with Gasteiger partial charge in [-0.3, -0.25) is 19.4 Å². The molecule has 0 unspecified atom stereocenters. The number of carbonyl (C=O) groups excluding carboxylic acids is 2. The van der Waals surface area contributed by atoms with Gasteiger partial charge in [-0.2, -0.15) is 0 Å². The topological polar surface area (TPSA) is 53.1 Å². The largest absolute Gasteiger partial charge is 0.497 e. The number of nitrogens with zero attached hydrogens (tertiary/aromatic N) is 3. The van der Waals surface area contributed by atoms with Crippen LogP contribution in [0.1, 0.15) is 23.1 Å². The minimum atomic E-state index is -0.316. The fraction of sp³-hybridized carbons (Fsp3) is 0.440. The minimum absolute atomic E-state index is 0.0429. The van der Waals surface area contributed by atoms with Gasteiger partial charge in [0.15, 0.2) is 0 Å². The van der Waals surface area contributed by atoms with E-state index in [1.807, 2.05) is 24.3 Å². The molecule has 0 spiro atoms. The summed E-state index contributed by atoms with van der Waals surface area (Å²) in [4.78, 5) is 31.6. The van der Waals surface area contributed by atoms with Gasteiger partial charge in [-0.05, 0) is 55.2 Å². The first-order valence-corrected chi connectivity index (χ1v) is 11.0. The quantitative estimate of drug-likeness (QED) is 0.672. The van der Waals surface area contributed by atoms with E-state index in [4.69, 9.17) is 4.74 Å². The van der Waals surface area contributed by atoms with Gasteiger partial charge < -0.3 is 9.64 Å². The lowest BCUT2D eigenvalue weighted by Gasteiger charge is -2.39. The number of hydrogen-bond acceptors (Lipinski definition) is 5. The minimum Gasteiger partial charge on any atom is -0.497 e. The lowest BCUT2D eigenvalue weighted by atomic mass is 10.1. The van der Waals surface area contributed by atoms with Crippen LogP contribution in [-0.4, -0.2) is 67.5 Å². The normalized spacial score (nSPS) is 19.9. The summed E-state index contributed by atoms with van der Waals surface area (Å²) < 4.78 is 5.18. The third-order valence-electron chi connectivity index (χ3n) is 6.68. The second kappa shape index (κ2) is 9.10. The van der Waals surface area contributed by atoms with Crippen LogP contribution in [-0.2, 0) is 16.0 Å². The molecule has 0 bridgehead atoms. The zero-order valence-electron chi connectivity index (χ0n) is 18.6. The average Bonchev–Trinajstić information content (AvgIpc) is 3.08. The first-order chi connectivity index (χ1) is 15.0. The highest BCUT2D eigenvalue weighted by Crippen LogP contribution is 2.26. The van der Waals surface area contributed by atoms with Crippen molar-refractivity contribution >= 4 is 17.5 Å². The molecule has 2 aromatic rings. The number of carbonyl (C=O) groups is 2. The fourth-order valence-corrected chi connectivity index (χ4v) is 4.57. The van der Waals surface area contributed by atoms with Crippen LogP contribution in [0.25, 0.3) is 0 Å². The van der Waals surface area contributed by atoms with Crippen molar-refractivity contribution in [2.45, 2.75) is 32.7 Å². The second-order valence-electron chi connectivity index (χ2n) is 8.44. The van der Waals surface area contributed by atoms with Gasteiger partial charge in [-0.25, -0.2) is 0 Å². The van der Waals surface area contributed by atoms with Gasteiger partial charge in [-0.1, -0.05) is 24.3 Å². The summed E-state index contributed by atoms with van der Waals surface area (Å²) in [5.74, 6) is 0.705. The molecule has 6 heteroatoms. The molecular weight excluding hydrogens is 390 g/mol. The summed E-state index contributed by atoms with van der Waals surface area (Å²) in [6.07, 6.45) is 0.958. The number of ether oxygens (including phenoxy) is 1. The molecule has 2 fully saturated rings. The fourth-order valence-electron chi connectivity index (χ4n) is 4.57. The Labute approximate surface area is 184 Å². The maximum Gasteiger partial charge on any atom is 0.247 e. The molecule has 4 rings (SSSR count). The third kappa shape index (κ3) is 4.44. The van der Waals surface area contributed by atoms with Gasteiger partial charge >= 0.3 is 0 Å². The number of anilines is 1. The summed E-state index contributed by atoms with van der Waals surface area (Å²) in [5.41, 5.74) is 4.97. The van der Waals surface area contributed by atoms with E-state index < -0.39 is 0 Å².